The first-order valence-corrected chi connectivity index (χ1v) is 6.13. The molecule has 0 saturated heterocycles. The average molecular weight is 311 g/mol. The zero-order valence-corrected chi connectivity index (χ0v) is 11.4. The maximum absolute atomic E-state index is 12.7. The SMILES string of the molecule is C=CC(C)NC(C)c1cc(C(F)(F)F)cc(C(F)(F)F)c1. The van der Waals surface area contributed by atoms with Crippen molar-refractivity contribution in [2.45, 2.75) is 38.3 Å². The number of nitrogens with one attached hydrogen (secondary N) is 1. The lowest BCUT2D eigenvalue weighted by molar-refractivity contribution is -0.143. The number of benzene rings is 1. The summed E-state index contributed by atoms with van der Waals surface area (Å²) in [5, 5.41) is 2.85. The summed E-state index contributed by atoms with van der Waals surface area (Å²) >= 11 is 0. The zero-order chi connectivity index (χ0) is 16.4. The highest BCUT2D eigenvalue weighted by atomic mass is 19.4. The summed E-state index contributed by atoms with van der Waals surface area (Å²) in [4.78, 5) is 0. The Morgan fingerprint density at radius 2 is 1.38 bits per heavy atom. The second kappa shape index (κ2) is 6.09. The van der Waals surface area contributed by atoms with Crippen LogP contribution >= 0.6 is 0 Å². The molecule has 0 saturated carbocycles. The molecule has 0 bridgehead atoms. The van der Waals surface area contributed by atoms with E-state index >= 15 is 0 Å². The van der Waals surface area contributed by atoms with Gasteiger partial charge in [-0.3, -0.25) is 0 Å². The van der Waals surface area contributed by atoms with E-state index in [-0.39, 0.29) is 17.7 Å². The average Bonchev–Trinajstić information content (AvgIpc) is 2.35. The van der Waals surface area contributed by atoms with Gasteiger partial charge in [-0.25, -0.2) is 0 Å². The van der Waals surface area contributed by atoms with E-state index in [4.69, 9.17) is 0 Å². The monoisotopic (exact) mass is 311 g/mol. The first-order chi connectivity index (χ1) is 9.45. The van der Waals surface area contributed by atoms with Crippen LogP contribution in [0.25, 0.3) is 0 Å². The maximum atomic E-state index is 12.7. The van der Waals surface area contributed by atoms with Gasteiger partial charge in [0.1, 0.15) is 0 Å². The van der Waals surface area contributed by atoms with Gasteiger partial charge in [0.15, 0.2) is 0 Å². The van der Waals surface area contributed by atoms with Crippen molar-refractivity contribution in [2.75, 3.05) is 0 Å². The molecule has 0 amide bonds. The van der Waals surface area contributed by atoms with Crippen LogP contribution in [0.4, 0.5) is 26.3 Å². The third-order valence-corrected chi connectivity index (χ3v) is 2.98. The molecule has 2 atom stereocenters. The van der Waals surface area contributed by atoms with Gasteiger partial charge in [0.05, 0.1) is 11.1 Å². The highest BCUT2D eigenvalue weighted by Gasteiger charge is 2.37. The molecule has 0 spiro atoms. The van der Waals surface area contributed by atoms with Crippen molar-refractivity contribution in [2.24, 2.45) is 0 Å². The summed E-state index contributed by atoms with van der Waals surface area (Å²) in [7, 11) is 0. The largest absolute Gasteiger partial charge is 0.416 e. The molecule has 0 aliphatic rings. The van der Waals surface area contributed by atoms with Gasteiger partial charge in [0, 0.05) is 12.1 Å². The molecule has 0 aromatic heterocycles. The Morgan fingerprint density at radius 1 is 0.952 bits per heavy atom. The Morgan fingerprint density at radius 3 is 1.71 bits per heavy atom. The van der Waals surface area contributed by atoms with Gasteiger partial charge in [-0.15, -0.1) is 6.58 Å². The molecule has 0 radical (unpaired) electrons. The van der Waals surface area contributed by atoms with E-state index in [0.29, 0.717) is 0 Å². The fourth-order valence-corrected chi connectivity index (χ4v) is 1.79. The molecular formula is C14H15F6N. The van der Waals surface area contributed by atoms with E-state index in [2.05, 4.69) is 11.9 Å². The van der Waals surface area contributed by atoms with Gasteiger partial charge in [0.25, 0.3) is 0 Å². The number of halogens is 6. The van der Waals surface area contributed by atoms with E-state index in [1.807, 2.05) is 0 Å². The van der Waals surface area contributed by atoms with Gasteiger partial charge in [-0.05, 0) is 37.6 Å². The van der Waals surface area contributed by atoms with Crippen LogP contribution in [0.5, 0.6) is 0 Å². The van der Waals surface area contributed by atoms with E-state index in [1.54, 1.807) is 6.92 Å². The highest BCUT2D eigenvalue weighted by Crippen LogP contribution is 2.37. The van der Waals surface area contributed by atoms with E-state index in [1.165, 1.54) is 13.0 Å². The number of hydrogen-bond acceptors (Lipinski definition) is 1. The fraction of sp³-hybridized carbons (Fsp3) is 0.429. The van der Waals surface area contributed by atoms with Crippen LogP contribution in [0.3, 0.4) is 0 Å². The van der Waals surface area contributed by atoms with Gasteiger partial charge in [-0.2, -0.15) is 26.3 Å². The van der Waals surface area contributed by atoms with Crippen molar-refractivity contribution < 1.29 is 26.3 Å². The Bertz CT molecular complexity index is 471. The van der Waals surface area contributed by atoms with E-state index < -0.39 is 29.5 Å². The van der Waals surface area contributed by atoms with Crippen LogP contribution in [0, 0.1) is 0 Å². The van der Waals surface area contributed by atoms with Crippen molar-refractivity contribution in [3.05, 3.63) is 47.5 Å². The van der Waals surface area contributed by atoms with E-state index in [0.717, 1.165) is 12.1 Å². The lowest BCUT2D eigenvalue weighted by Gasteiger charge is -2.21. The summed E-state index contributed by atoms with van der Waals surface area (Å²) in [5.41, 5.74) is -2.70. The standard InChI is InChI=1S/C14H15F6N/c1-4-8(2)21-9(3)10-5-11(13(15,16)17)7-12(6-10)14(18,19)20/h4-9,21H,1H2,2-3H3. The molecule has 0 heterocycles. The molecule has 21 heavy (non-hydrogen) atoms. The number of hydrogen-bond donors (Lipinski definition) is 1. The minimum Gasteiger partial charge on any atom is -0.304 e. The van der Waals surface area contributed by atoms with Gasteiger partial charge in [-0.1, -0.05) is 6.08 Å². The molecular weight excluding hydrogens is 296 g/mol. The molecule has 7 heteroatoms. The zero-order valence-electron chi connectivity index (χ0n) is 11.4. The predicted molar refractivity (Wildman–Crippen MR) is 67.7 cm³/mol. The third kappa shape index (κ3) is 4.77. The van der Waals surface area contributed by atoms with Crippen LogP contribution in [-0.2, 0) is 12.4 Å². The Labute approximate surface area is 118 Å². The lowest BCUT2D eigenvalue weighted by Crippen LogP contribution is -2.27. The molecule has 118 valence electrons. The van der Waals surface area contributed by atoms with Crippen LogP contribution in [0.2, 0.25) is 0 Å². The van der Waals surface area contributed by atoms with Crippen LogP contribution in [0.1, 0.15) is 36.6 Å². The van der Waals surface area contributed by atoms with Crippen molar-refractivity contribution in [3.8, 4) is 0 Å². The second-order valence-corrected chi connectivity index (χ2v) is 4.75. The third-order valence-electron chi connectivity index (χ3n) is 2.98. The van der Waals surface area contributed by atoms with Gasteiger partial charge >= 0.3 is 12.4 Å². The quantitative estimate of drug-likeness (QED) is 0.613. The minimum absolute atomic E-state index is 0.0779. The summed E-state index contributed by atoms with van der Waals surface area (Å²) in [6.07, 6.45) is -8.16. The summed E-state index contributed by atoms with van der Waals surface area (Å²) in [6.45, 7) is 6.69. The molecule has 0 fully saturated rings. The Kier molecular flexibility index (Phi) is 5.09. The number of rotatable bonds is 4. The maximum Gasteiger partial charge on any atom is 0.416 e. The molecule has 1 N–H and O–H groups in total. The molecule has 1 aromatic carbocycles. The fourth-order valence-electron chi connectivity index (χ4n) is 1.79. The highest BCUT2D eigenvalue weighted by molar-refractivity contribution is 5.35. The smallest absolute Gasteiger partial charge is 0.304 e. The Balaban J connectivity index is 3.28. The van der Waals surface area contributed by atoms with Crippen molar-refractivity contribution in [3.63, 3.8) is 0 Å². The molecule has 1 aromatic rings. The topological polar surface area (TPSA) is 12.0 Å². The number of alkyl halides is 6. The Hall–Kier alpha value is -1.50. The molecule has 0 aliphatic carbocycles. The van der Waals surface area contributed by atoms with Crippen LogP contribution in [-0.4, -0.2) is 6.04 Å². The predicted octanol–water partition coefficient (Wildman–Crippen LogP) is 4.95. The van der Waals surface area contributed by atoms with Gasteiger partial charge in [0.2, 0.25) is 0 Å². The first kappa shape index (κ1) is 17.6. The summed E-state index contributed by atoms with van der Waals surface area (Å²) in [6, 6.07) is 0.642. The molecule has 0 aliphatic heterocycles. The summed E-state index contributed by atoms with van der Waals surface area (Å²) < 4.78 is 76.3. The summed E-state index contributed by atoms with van der Waals surface area (Å²) in [5.74, 6) is 0. The molecule has 1 rings (SSSR count). The van der Waals surface area contributed by atoms with Crippen LogP contribution in [0.15, 0.2) is 30.9 Å². The van der Waals surface area contributed by atoms with Crippen LogP contribution < -0.4 is 5.32 Å². The molecule has 2 unspecified atom stereocenters. The second-order valence-electron chi connectivity index (χ2n) is 4.75. The normalized spacial score (nSPS) is 15.6. The minimum atomic E-state index is -4.83. The van der Waals surface area contributed by atoms with Crippen molar-refractivity contribution >= 4 is 0 Å². The van der Waals surface area contributed by atoms with E-state index in [9.17, 15) is 26.3 Å². The van der Waals surface area contributed by atoms with Crippen molar-refractivity contribution in [1.29, 1.82) is 0 Å². The van der Waals surface area contributed by atoms with Crippen molar-refractivity contribution in [1.82, 2.24) is 5.32 Å². The molecule has 1 nitrogen and oxygen atoms in total. The first-order valence-electron chi connectivity index (χ1n) is 6.13. The lowest BCUT2D eigenvalue weighted by atomic mass is 10.00. The van der Waals surface area contributed by atoms with Gasteiger partial charge < -0.3 is 5.32 Å².